The van der Waals surface area contributed by atoms with Crippen LogP contribution in [0.15, 0.2) is 30.6 Å². The van der Waals surface area contributed by atoms with Gasteiger partial charge in [0.2, 0.25) is 0 Å². The van der Waals surface area contributed by atoms with Crippen LogP contribution in [-0.2, 0) is 6.42 Å². The molecule has 106 valence electrons. The zero-order valence-corrected chi connectivity index (χ0v) is 12.8. The van der Waals surface area contributed by atoms with Gasteiger partial charge in [-0.25, -0.2) is 4.98 Å². The molecule has 0 aliphatic heterocycles. The fraction of sp³-hybridized carbons (Fsp3) is 0.375. The molecule has 4 heteroatoms. The van der Waals surface area contributed by atoms with E-state index in [4.69, 9.17) is 17.0 Å². The van der Waals surface area contributed by atoms with Crippen LogP contribution in [0.1, 0.15) is 32.3 Å². The average Bonchev–Trinajstić information content (AvgIpc) is 2.48. The van der Waals surface area contributed by atoms with E-state index >= 15 is 0 Å². The van der Waals surface area contributed by atoms with Gasteiger partial charge in [0, 0.05) is 5.56 Å². The monoisotopic (exact) mass is 288 g/mol. The molecule has 20 heavy (non-hydrogen) atoms. The van der Waals surface area contributed by atoms with Gasteiger partial charge in [-0.3, -0.25) is 0 Å². The second kappa shape index (κ2) is 7.20. The molecule has 0 amide bonds. The maximum absolute atomic E-state index is 5.60. The second-order valence-corrected chi connectivity index (χ2v) is 5.07. The normalized spacial score (nSPS) is 10.5. The number of hydrogen-bond donors (Lipinski definition) is 1. The van der Waals surface area contributed by atoms with Crippen molar-refractivity contribution in [3.05, 3.63) is 40.8 Å². The van der Waals surface area contributed by atoms with Crippen molar-refractivity contribution in [1.82, 2.24) is 9.97 Å². The molecule has 0 fully saturated rings. The van der Waals surface area contributed by atoms with E-state index in [1.165, 1.54) is 0 Å². The van der Waals surface area contributed by atoms with E-state index in [1.807, 2.05) is 12.1 Å². The Hall–Kier alpha value is -1.68. The van der Waals surface area contributed by atoms with Crippen molar-refractivity contribution in [1.29, 1.82) is 0 Å². The topological polar surface area (TPSA) is 37.9 Å². The maximum atomic E-state index is 5.60. The fourth-order valence-corrected chi connectivity index (χ4v) is 2.36. The van der Waals surface area contributed by atoms with Gasteiger partial charge in [0.1, 0.15) is 10.4 Å². The van der Waals surface area contributed by atoms with Crippen LogP contribution in [0.25, 0.3) is 11.3 Å². The quantitative estimate of drug-likeness (QED) is 0.793. The molecule has 2 rings (SSSR count). The summed E-state index contributed by atoms with van der Waals surface area (Å²) in [6, 6.07) is 8.12. The van der Waals surface area contributed by atoms with Crippen molar-refractivity contribution in [3.63, 3.8) is 0 Å². The van der Waals surface area contributed by atoms with Gasteiger partial charge in [-0.15, -0.1) is 0 Å². The molecule has 1 aromatic carbocycles. The molecule has 1 aromatic heterocycles. The molecule has 1 heterocycles. The number of nitrogens with one attached hydrogen (secondary N) is 1. The molecule has 1 N–H and O–H groups in total. The van der Waals surface area contributed by atoms with Gasteiger partial charge >= 0.3 is 0 Å². The number of rotatable bonds is 6. The van der Waals surface area contributed by atoms with Gasteiger partial charge in [-0.2, -0.15) is 0 Å². The summed E-state index contributed by atoms with van der Waals surface area (Å²) in [6.07, 6.45) is 4.67. The number of benzene rings is 1. The fourth-order valence-electron chi connectivity index (χ4n) is 2.10. The van der Waals surface area contributed by atoms with E-state index in [1.54, 1.807) is 6.33 Å². The lowest BCUT2D eigenvalue weighted by Crippen LogP contribution is -1.97. The summed E-state index contributed by atoms with van der Waals surface area (Å²) in [6.45, 7) is 4.99. The number of aromatic nitrogens is 2. The molecule has 0 unspecified atom stereocenters. The summed E-state index contributed by atoms with van der Waals surface area (Å²) < 4.78 is 6.29. The van der Waals surface area contributed by atoms with Crippen LogP contribution in [0, 0.1) is 4.64 Å². The number of ether oxygens (including phenoxy) is 1. The average molecular weight is 288 g/mol. The van der Waals surface area contributed by atoms with Crippen LogP contribution in [0.5, 0.6) is 5.75 Å². The SMILES string of the molecule is CCCOc1ccc(-c2[nH]cnc(=S)c2CCC)cc1. The van der Waals surface area contributed by atoms with Gasteiger partial charge < -0.3 is 9.72 Å². The third-order valence-corrected chi connectivity index (χ3v) is 3.42. The number of aromatic amines is 1. The third kappa shape index (κ3) is 3.45. The first-order valence-corrected chi connectivity index (χ1v) is 7.46. The first kappa shape index (κ1) is 14.7. The zero-order chi connectivity index (χ0) is 14.4. The third-order valence-electron chi connectivity index (χ3n) is 3.07. The van der Waals surface area contributed by atoms with Crippen LogP contribution in [0.4, 0.5) is 0 Å². The standard InChI is InChI=1S/C16H20N2OS/c1-3-5-14-15(17-11-18-16(14)20)12-6-8-13(9-7-12)19-10-4-2/h6-9,11H,3-5,10H2,1-2H3,(H,17,18,20). The molecule has 0 saturated carbocycles. The van der Waals surface area contributed by atoms with Gasteiger partial charge in [0.15, 0.2) is 0 Å². The predicted molar refractivity (Wildman–Crippen MR) is 84.6 cm³/mol. The number of hydrogen-bond acceptors (Lipinski definition) is 3. The zero-order valence-electron chi connectivity index (χ0n) is 12.0. The van der Waals surface area contributed by atoms with Crippen LogP contribution in [-0.4, -0.2) is 16.6 Å². The molecular formula is C16H20N2OS. The molecule has 0 aliphatic carbocycles. The molecular weight excluding hydrogens is 268 g/mol. The Morgan fingerprint density at radius 2 is 1.90 bits per heavy atom. The van der Waals surface area contributed by atoms with E-state index < -0.39 is 0 Å². The molecule has 0 spiro atoms. The predicted octanol–water partition coefficient (Wildman–Crippen LogP) is 4.55. The van der Waals surface area contributed by atoms with E-state index in [2.05, 4.69) is 35.9 Å². The minimum Gasteiger partial charge on any atom is -0.494 e. The van der Waals surface area contributed by atoms with Crippen molar-refractivity contribution in [2.75, 3.05) is 6.61 Å². The summed E-state index contributed by atoms with van der Waals surface area (Å²) in [5.74, 6) is 0.903. The van der Waals surface area contributed by atoms with Crippen LogP contribution in [0.2, 0.25) is 0 Å². The Morgan fingerprint density at radius 1 is 1.15 bits per heavy atom. The van der Waals surface area contributed by atoms with Crippen LogP contribution < -0.4 is 4.74 Å². The van der Waals surface area contributed by atoms with E-state index in [0.29, 0.717) is 4.64 Å². The molecule has 0 radical (unpaired) electrons. The summed E-state index contributed by atoms with van der Waals surface area (Å²) in [5.41, 5.74) is 3.30. The smallest absolute Gasteiger partial charge is 0.133 e. The molecule has 0 aliphatic rings. The molecule has 0 saturated heterocycles. The van der Waals surface area contributed by atoms with Crippen molar-refractivity contribution in [2.24, 2.45) is 0 Å². The minimum atomic E-state index is 0.687. The van der Waals surface area contributed by atoms with Gasteiger partial charge in [0.05, 0.1) is 18.6 Å². The highest BCUT2D eigenvalue weighted by Gasteiger charge is 2.07. The molecule has 2 aromatic rings. The largest absolute Gasteiger partial charge is 0.494 e. The van der Waals surface area contributed by atoms with Crippen molar-refractivity contribution >= 4 is 12.2 Å². The summed E-state index contributed by atoms with van der Waals surface area (Å²) in [4.78, 5) is 7.40. The van der Waals surface area contributed by atoms with Gasteiger partial charge in [0.25, 0.3) is 0 Å². The maximum Gasteiger partial charge on any atom is 0.133 e. The van der Waals surface area contributed by atoms with Gasteiger partial charge in [-0.05, 0) is 42.7 Å². The van der Waals surface area contributed by atoms with Crippen LogP contribution >= 0.6 is 12.2 Å². The Kier molecular flexibility index (Phi) is 5.30. The Morgan fingerprint density at radius 3 is 2.55 bits per heavy atom. The Balaban J connectivity index is 2.32. The lowest BCUT2D eigenvalue weighted by molar-refractivity contribution is 0.317. The lowest BCUT2D eigenvalue weighted by Gasteiger charge is -2.10. The summed E-state index contributed by atoms with van der Waals surface area (Å²) >= 11 is 5.33. The highest BCUT2D eigenvalue weighted by atomic mass is 32.1. The number of H-pyrrole nitrogens is 1. The minimum absolute atomic E-state index is 0.687. The number of nitrogens with zero attached hydrogens (tertiary/aromatic N) is 1. The summed E-state index contributed by atoms with van der Waals surface area (Å²) in [7, 11) is 0. The van der Waals surface area contributed by atoms with Crippen LogP contribution in [0.3, 0.4) is 0 Å². The Labute approximate surface area is 125 Å². The highest BCUT2D eigenvalue weighted by Crippen LogP contribution is 2.25. The second-order valence-electron chi connectivity index (χ2n) is 4.68. The van der Waals surface area contributed by atoms with Crippen molar-refractivity contribution in [3.8, 4) is 17.0 Å². The molecule has 0 bridgehead atoms. The van der Waals surface area contributed by atoms with Gasteiger partial charge in [-0.1, -0.05) is 32.5 Å². The van der Waals surface area contributed by atoms with Crippen molar-refractivity contribution in [2.45, 2.75) is 33.1 Å². The van der Waals surface area contributed by atoms with E-state index in [-0.39, 0.29) is 0 Å². The molecule has 0 atom stereocenters. The van der Waals surface area contributed by atoms with E-state index in [9.17, 15) is 0 Å². The van der Waals surface area contributed by atoms with Crippen molar-refractivity contribution < 1.29 is 4.74 Å². The highest BCUT2D eigenvalue weighted by molar-refractivity contribution is 7.71. The summed E-state index contributed by atoms with van der Waals surface area (Å²) in [5, 5.41) is 0. The first-order chi connectivity index (χ1) is 9.76. The Bertz CT molecular complexity index is 605. The lowest BCUT2D eigenvalue weighted by atomic mass is 10.0. The first-order valence-electron chi connectivity index (χ1n) is 7.06. The van der Waals surface area contributed by atoms with E-state index in [0.717, 1.165) is 48.4 Å². The molecule has 3 nitrogen and oxygen atoms in total.